The summed E-state index contributed by atoms with van der Waals surface area (Å²) in [5.74, 6) is -0.579. The van der Waals surface area contributed by atoms with Gasteiger partial charge in [-0.1, -0.05) is 48.0 Å². The van der Waals surface area contributed by atoms with E-state index in [9.17, 15) is 14.4 Å². The fourth-order valence-corrected chi connectivity index (χ4v) is 3.49. The van der Waals surface area contributed by atoms with E-state index in [0.717, 1.165) is 5.56 Å². The lowest BCUT2D eigenvalue weighted by Crippen LogP contribution is -2.30. The summed E-state index contributed by atoms with van der Waals surface area (Å²) < 4.78 is 1.41. The Hall–Kier alpha value is -4.26. The van der Waals surface area contributed by atoms with Gasteiger partial charge >= 0.3 is 0 Å². The lowest BCUT2D eigenvalue weighted by atomic mass is 10.1. The summed E-state index contributed by atoms with van der Waals surface area (Å²) in [6.45, 7) is 3.19. The molecule has 4 rings (SSSR count). The molecule has 0 saturated heterocycles. The first-order chi connectivity index (χ1) is 15.4. The third kappa shape index (κ3) is 4.41. The molecule has 0 unspecified atom stereocenters. The van der Waals surface area contributed by atoms with Gasteiger partial charge in [0.05, 0.1) is 16.7 Å². The first kappa shape index (κ1) is 21.0. The highest BCUT2D eigenvalue weighted by molar-refractivity contribution is 5.94. The second-order valence-corrected chi connectivity index (χ2v) is 7.48. The van der Waals surface area contributed by atoms with Gasteiger partial charge in [0.1, 0.15) is 12.2 Å². The van der Waals surface area contributed by atoms with Gasteiger partial charge in [0.15, 0.2) is 0 Å². The number of hydrogen-bond acceptors (Lipinski definition) is 4. The molecule has 0 atom stereocenters. The maximum Gasteiger partial charge on any atom is 0.278 e. The minimum Gasteiger partial charge on any atom is -0.326 e. The number of para-hydroxylation sites is 3. The molecule has 3 aromatic carbocycles. The second-order valence-electron chi connectivity index (χ2n) is 7.48. The van der Waals surface area contributed by atoms with Crippen LogP contribution in [-0.2, 0) is 16.1 Å². The van der Waals surface area contributed by atoms with Crippen LogP contribution in [0.2, 0.25) is 0 Å². The van der Waals surface area contributed by atoms with Crippen molar-refractivity contribution < 1.29 is 9.59 Å². The SMILES string of the molecule is CC(=O)Nc1ccccc1-c1nc2ccccc2n(CC(=O)Nc2ccc(C)cc2)c1=O. The summed E-state index contributed by atoms with van der Waals surface area (Å²) in [4.78, 5) is 42.4. The highest BCUT2D eigenvalue weighted by Gasteiger charge is 2.17. The summed E-state index contributed by atoms with van der Waals surface area (Å²) in [5, 5.41) is 5.57. The predicted octanol–water partition coefficient (Wildman–Crippen LogP) is 3.97. The van der Waals surface area contributed by atoms with E-state index >= 15 is 0 Å². The van der Waals surface area contributed by atoms with E-state index in [2.05, 4.69) is 15.6 Å². The van der Waals surface area contributed by atoms with Gasteiger partial charge in [0.25, 0.3) is 5.56 Å². The zero-order valence-corrected chi connectivity index (χ0v) is 17.8. The first-order valence-electron chi connectivity index (χ1n) is 10.2. The molecule has 0 bridgehead atoms. The Morgan fingerprint density at radius 2 is 1.59 bits per heavy atom. The van der Waals surface area contributed by atoms with E-state index in [4.69, 9.17) is 0 Å². The molecule has 4 aromatic rings. The molecule has 160 valence electrons. The maximum absolute atomic E-state index is 13.5. The van der Waals surface area contributed by atoms with Crippen molar-refractivity contribution >= 4 is 34.2 Å². The predicted molar refractivity (Wildman–Crippen MR) is 126 cm³/mol. The first-order valence-corrected chi connectivity index (χ1v) is 10.2. The van der Waals surface area contributed by atoms with Crippen molar-refractivity contribution in [2.24, 2.45) is 0 Å². The summed E-state index contributed by atoms with van der Waals surface area (Å²) in [6.07, 6.45) is 0. The van der Waals surface area contributed by atoms with Crippen molar-refractivity contribution in [1.29, 1.82) is 0 Å². The Labute approximate surface area is 184 Å². The van der Waals surface area contributed by atoms with Gasteiger partial charge in [0.2, 0.25) is 11.8 Å². The molecule has 1 heterocycles. The van der Waals surface area contributed by atoms with Crippen LogP contribution in [0.25, 0.3) is 22.3 Å². The average molecular weight is 426 g/mol. The standard InChI is InChI=1S/C25H22N4O3/c1-16-11-13-18(14-12-16)27-23(31)15-29-22-10-6-5-9-21(22)28-24(25(29)32)19-7-3-4-8-20(19)26-17(2)30/h3-14H,15H2,1-2H3,(H,26,30)(H,27,31). The molecule has 7 heteroatoms. The lowest BCUT2D eigenvalue weighted by Gasteiger charge is -2.14. The van der Waals surface area contributed by atoms with Gasteiger partial charge < -0.3 is 10.6 Å². The van der Waals surface area contributed by atoms with E-state index in [1.807, 2.05) is 37.3 Å². The Kier molecular flexibility index (Phi) is 5.81. The van der Waals surface area contributed by atoms with Gasteiger partial charge in [-0.05, 0) is 37.3 Å². The summed E-state index contributed by atoms with van der Waals surface area (Å²) >= 11 is 0. The van der Waals surface area contributed by atoms with Crippen LogP contribution in [0.1, 0.15) is 12.5 Å². The van der Waals surface area contributed by atoms with E-state index in [0.29, 0.717) is 28.0 Å². The van der Waals surface area contributed by atoms with Crippen LogP contribution in [0.3, 0.4) is 0 Å². The van der Waals surface area contributed by atoms with Crippen LogP contribution >= 0.6 is 0 Å². The van der Waals surface area contributed by atoms with Gasteiger partial charge in [-0.3, -0.25) is 19.0 Å². The van der Waals surface area contributed by atoms with E-state index in [1.165, 1.54) is 11.5 Å². The van der Waals surface area contributed by atoms with E-state index in [-0.39, 0.29) is 24.1 Å². The average Bonchev–Trinajstić information content (AvgIpc) is 2.77. The smallest absolute Gasteiger partial charge is 0.278 e. The topological polar surface area (TPSA) is 93.1 Å². The highest BCUT2D eigenvalue weighted by atomic mass is 16.2. The molecule has 2 amide bonds. The molecule has 0 radical (unpaired) electrons. The van der Waals surface area contributed by atoms with Crippen LogP contribution in [0, 0.1) is 6.92 Å². The Bertz CT molecular complexity index is 1370. The zero-order valence-electron chi connectivity index (χ0n) is 17.8. The largest absolute Gasteiger partial charge is 0.326 e. The molecule has 7 nitrogen and oxygen atoms in total. The lowest BCUT2D eigenvalue weighted by molar-refractivity contribution is -0.117. The number of benzene rings is 3. The molecule has 0 fully saturated rings. The maximum atomic E-state index is 13.5. The minimum atomic E-state index is -0.416. The van der Waals surface area contributed by atoms with Crippen LogP contribution < -0.4 is 16.2 Å². The molecule has 0 aliphatic heterocycles. The number of anilines is 2. The summed E-state index contributed by atoms with van der Waals surface area (Å²) in [6, 6.07) is 21.6. The molecule has 1 aromatic heterocycles. The number of carbonyl (C=O) groups excluding carboxylic acids is 2. The van der Waals surface area contributed by atoms with Crippen molar-refractivity contribution in [3.63, 3.8) is 0 Å². The molecule has 0 aliphatic carbocycles. The molecular weight excluding hydrogens is 404 g/mol. The number of hydrogen-bond donors (Lipinski definition) is 2. The molecule has 32 heavy (non-hydrogen) atoms. The highest BCUT2D eigenvalue weighted by Crippen LogP contribution is 2.25. The van der Waals surface area contributed by atoms with Crippen molar-refractivity contribution in [1.82, 2.24) is 9.55 Å². The van der Waals surface area contributed by atoms with Crippen molar-refractivity contribution in [2.75, 3.05) is 10.6 Å². The van der Waals surface area contributed by atoms with E-state index in [1.54, 1.807) is 42.5 Å². The quantitative estimate of drug-likeness (QED) is 0.505. The minimum absolute atomic E-state index is 0.163. The number of amides is 2. The number of rotatable bonds is 5. The van der Waals surface area contributed by atoms with Crippen LogP contribution in [0.15, 0.2) is 77.6 Å². The van der Waals surface area contributed by atoms with E-state index < -0.39 is 5.56 Å². The summed E-state index contributed by atoms with van der Waals surface area (Å²) in [7, 11) is 0. The number of nitrogens with zero attached hydrogens (tertiary/aromatic N) is 2. The molecule has 2 N–H and O–H groups in total. The number of aromatic nitrogens is 2. The van der Waals surface area contributed by atoms with Crippen LogP contribution in [0.5, 0.6) is 0 Å². The van der Waals surface area contributed by atoms with Gasteiger partial charge in [-0.2, -0.15) is 0 Å². The zero-order chi connectivity index (χ0) is 22.7. The Morgan fingerprint density at radius 3 is 2.34 bits per heavy atom. The van der Waals surface area contributed by atoms with Gasteiger partial charge in [-0.25, -0.2) is 4.98 Å². The monoisotopic (exact) mass is 426 g/mol. The number of aryl methyl sites for hydroxylation is 1. The molecular formula is C25H22N4O3. The number of nitrogens with one attached hydrogen (secondary N) is 2. The molecule has 0 saturated carbocycles. The number of carbonyl (C=O) groups is 2. The van der Waals surface area contributed by atoms with Crippen LogP contribution in [0.4, 0.5) is 11.4 Å². The van der Waals surface area contributed by atoms with Gasteiger partial charge in [0, 0.05) is 18.2 Å². The Morgan fingerprint density at radius 1 is 0.906 bits per heavy atom. The van der Waals surface area contributed by atoms with Crippen molar-refractivity contribution in [3.8, 4) is 11.3 Å². The number of fused-ring (bicyclic) bond motifs is 1. The van der Waals surface area contributed by atoms with Crippen molar-refractivity contribution in [2.45, 2.75) is 20.4 Å². The Balaban J connectivity index is 1.79. The molecule has 0 spiro atoms. The fourth-order valence-electron chi connectivity index (χ4n) is 3.49. The van der Waals surface area contributed by atoms with Crippen molar-refractivity contribution in [3.05, 3.63) is 88.7 Å². The second kappa shape index (κ2) is 8.85. The van der Waals surface area contributed by atoms with Crippen LogP contribution in [-0.4, -0.2) is 21.4 Å². The van der Waals surface area contributed by atoms with Gasteiger partial charge in [-0.15, -0.1) is 0 Å². The normalized spacial score (nSPS) is 10.7. The third-order valence-corrected chi connectivity index (χ3v) is 4.98. The summed E-state index contributed by atoms with van der Waals surface area (Å²) in [5.41, 5.74) is 3.59. The molecule has 0 aliphatic rings. The fraction of sp³-hybridized carbons (Fsp3) is 0.120. The third-order valence-electron chi connectivity index (χ3n) is 4.98.